The second kappa shape index (κ2) is 9.03. The number of halogens is 1. The lowest BCUT2D eigenvalue weighted by atomic mass is 9.96. The van der Waals surface area contributed by atoms with Crippen LogP contribution >= 0.6 is 27.3 Å². The first-order chi connectivity index (χ1) is 15.6. The van der Waals surface area contributed by atoms with Crippen molar-refractivity contribution < 1.29 is 4.79 Å². The summed E-state index contributed by atoms with van der Waals surface area (Å²) in [5.74, 6) is 1.58. The zero-order chi connectivity index (χ0) is 22.1. The smallest absolute Gasteiger partial charge is 0.254 e. The summed E-state index contributed by atoms with van der Waals surface area (Å²) in [6.45, 7) is 4.54. The number of rotatable bonds is 5. The fourth-order valence-electron chi connectivity index (χ4n) is 4.22. The van der Waals surface area contributed by atoms with Gasteiger partial charge in [-0.05, 0) is 58.6 Å². The van der Waals surface area contributed by atoms with Gasteiger partial charge in [-0.1, -0.05) is 24.3 Å². The molecule has 1 aliphatic rings. The minimum absolute atomic E-state index is 0.151. The number of fused-ring (bicyclic) bond motifs is 1. The number of thiophene rings is 1. The van der Waals surface area contributed by atoms with E-state index in [9.17, 15) is 4.79 Å². The summed E-state index contributed by atoms with van der Waals surface area (Å²) in [6, 6.07) is 12.3. The molecule has 0 spiro atoms. The van der Waals surface area contributed by atoms with Gasteiger partial charge in [0.05, 0.1) is 21.9 Å². The van der Waals surface area contributed by atoms with Crippen molar-refractivity contribution in [3.05, 3.63) is 69.0 Å². The van der Waals surface area contributed by atoms with E-state index in [1.54, 1.807) is 17.5 Å². The van der Waals surface area contributed by atoms with Crippen LogP contribution in [0.2, 0.25) is 0 Å². The summed E-state index contributed by atoms with van der Waals surface area (Å²) in [5.41, 5.74) is 4.83. The molecule has 1 saturated heterocycles. The van der Waals surface area contributed by atoms with E-state index in [1.807, 2.05) is 38.4 Å². The van der Waals surface area contributed by atoms with Crippen LogP contribution in [0.15, 0.2) is 57.8 Å². The van der Waals surface area contributed by atoms with Crippen LogP contribution in [0.1, 0.15) is 28.8 Å². The van der Waals surface area contributed by atoms with Crippen LogP contribution in [0.4, 0.5) is 5.82 Å². The molecule has 3 aromatic heterocycles. The highest BCUT2D eigenvalue weighted by Gasteiger charge is 2.24. The third-order valence-corrected chi connectivity index (χ3v) is 7.33. The first-order valence-corrected chi connectivity index (χ1v) is 12.5. The average molecular weight is 510 g/mol. The number of anilines is 1. The highest BCUT2D eigenvalue weighted by Crippen LogP contribution is 2.28. The summed E-state index contributed by atoms with van der Waals surface area (Å²) >= 11 is 5.15. The lowest BCUT2D eigenvalue weighted by Gasteiger charge is -2.32. The topological polar surface area (TPSA) is 62.5 Å². The van der Waals surface area contributed by atoms with Gasteiger partial charge >= 0.3 is 0 Å². The number of likely N-dealkylation sites (tertiary alicyclic amines) is 1. The van der Waals surface area contributed by atoms with Crippen LogP contribution in [-0.2, 0) is 0 Å². The molecule has 0 atom stereocenters. The lowest BCUT2D eigenvalue weighted by Crippen LogP contribution is -2.39. The summed E-state index contributed by atoms with van der Waals surface area (Å²) in [6.07, 6.45) is 3.76. The maximum absolute atomic E-state index is 12.6. The molecule has 0 bridgehead atoms. The van der Waals surface area contributed by atoms with Crippen LogP contribution in [0.3, 0.4) is 0 Å². The molecule has 32 heavy (non-hydrogen) atoms. The van der Waals surface area contributed by atoms with Crippen LogP contribution in [-0.4, -0.2) is 45.0 Å². The molecule has 1 N–H and O–H groups in total. The number of aromatic nitrogens is 3. The number of hydrogen-bond acceptors (Lipinski definition) is 5. The molecule has 1 fully saturated rings. The maximum Gasteiger partial charge on any atom is 0.254 e. The molecule has 1 aromatic carbocycles. The molecule has 1 aliphatic heterocycles. The SMILES string of the molecule is Cc1ccccc1-c1cc(NCC2CCN(C(=O)c3ccsc3)CC2)n2ncc(Br)c2n1. The number of carbonyl (C=O) groups is 1. The lowest BCUT2D eigenvalue weighted by molar-refractivity contribution is 0.0695. The standard InChI is InChI=1S/C24H24BrN5OS/c1-16-4-2-3-5-19(16)21-12-22(30-23(28-21)20(25)14-27-30)26-13-17-6-9-29(10-7-17)24(31)18-8-11-32-15-18/h2-5,8,11-12,14-15,17,26H,6-7,9-10,13H2,1H3. The van der Waals surface area contributed by atoms with E-state index in [4.69, 9.17) is 4.98 Å². The van der Waals surface area contributed by atoms with Gasteiger partial charge in [0.1, 0.15) is 5.82 Å². The first kappa shape index (κ1) is 21.2. The Kier molecular flexibility index (Phi) is 5.97. The van der Waals surface area contributed by atoms with E-state index in [0.717, 1.165) is 65.2 Å². The fourth-order valence-corrected chi connectivity index (χ4v) is 5.20. The normalized spacial score (nSPS) is 14.8. The van der Waals surface area contributed by atoms with Crippen molar-refractivity contribution in [1.29, 1.82) is 0 Å². The molecule has 8 heteroatoms. The van der Waals surface area contributed by atoms with Crippen LogP contribution in [0.5, 0.6) is 0 Å². The molecule has 6 nitrogen and oxygen atoms in total. The highest BCUT2D eigenvalue weighted by atomic mass is 79.9. The zero-order valence-electron chi connectivity index (χ0n) is 17.8. The quantitative estimate of drug-likeness (QED) is 0.386. The molecular weight excluding hydrogens is 486 g/mol. The molecular formula is C24H24BrN5OS. The number of carbonyl (C=O) groups excluding carboxylic acids is 1. The third kappa shape index (κ3) is 4.17. The number of nitrogens with zero attached hydrogens (tertiary/aromatic N) is 4. The van der Waals surface area contributed by atoms with Gasteiger partial charge in [0.15, 0.2) is 5.65 Å². The van der Waals surface area contributed by atoms with E-state index < -0.39 is 0 Å². The number of nitrogens with one attached hydrogen (secondary N) is 1. The molecule has 0 unspecified atom stereocenters. The molecule has 0 saturated carbocycles. The van der Waals surface area contributed by atoms with Crippen LogP contribution in [0.25, 0.3) is 16.9 Å². The number of piperidine rings is 1. The largest absolute Gasteiger partial charge is 0.370 e. The van der Waals surface area contributed by atoms with Gasteiger partial charge in [-0.2, -0.15) is 21.0 Å². The Hall–Kier alpha value is -2.71. The van der Waals surface area contributed by atoms with Gasteiger partial charge < -0.3 is 10.2 Å². The summed E-state index contributed by atoms with van der Waals surface area (Å²) < 4.78 is 2.72. The number of benzene rings is 1. The van der Waals surface area contributed by atoms with Gasteiger partial charge in [0, 0.05) is 36.6 Å². The second-order valence-electron chi connectivity index (χ2n) is 8.20. The Morgan fingerprint density at radius 2 is 2.06 bits per heavy atom. The second-order valence-corrected chi connectivity index (χ2v) is 9.83. The molecule has 4 aromatic rings. The minimum atomic E-state index is 0.151. The van der Waals surface area contributed by atoms with Gasteiger partial charge in [0.25, 0.3) is 5.91 Å². The van der Waals surface area contributed by atoms with E-state index in [-0.39, 0.29) is 5.91 Å². The molecule has 164 valence electrons. The van der Waals surface area contributed by atoms with Gasteiger partial charge in [-0.15, -0.1) is 0 Å². The fraction of sp³-hybridized carbons (Fsp3) is 0.292. The zero-order valence-corrected chi connectivity index (χ0v) is 20.2. The van der Waals surface area contributed by atoms with E-state index >= 15 is 0 Å². The van der Waals surface area contributed by atoms with Crippen molar-refractivity contribution in [2.75, 3.05) is 25.0 Å². The first-order valence-electron chi connectivity index (χ1n) is 10.8. The van der Waals surface area contributed by atoms with Crippen molar-refractivity contribution in [3.8, 4) is 11.3 Å². The van der Waals surface area contributed by atoms with Gasteiger partial charge in [-0.25, -0.2) is 4.98 Å². The van der Waals surface area contributed by atoms with E-state index in [2.05, 4.69) is 51.5 Å². The van der Waals surface area contributed by atoms with Gasteiger partial charge in [0.2, 0.25) is 0 Å². The van der Waals surface area contributed by atoms with E-state index in [1.165, 1.54) is 5.56 Å². The Bertz CT molecular complexity index is 1240. The van der Waals surface area contributed by atoms with Gasteiger partial charge in [-0.3, -0.25) is 4.79 Å². The Balaban J connectivity index is 1.31. The summed E-state index contributed by atoms with van der Waals surface area (Å²) in [5, 5.41) is 12.0. The van der Waals surface area contributed by atoms with Crippen LogP contribution in [0, 0.1) is 12.8 Å². The molecule has 5 rings (SSSR count). The Labute approximate surface area is 199 Å². The van der Waals surface area contributed by atoms with Crippen molar-refractivity contribution >= 4 is 44.6 Å². The number of hydrogen-bond donors (Lipinski definition) is 1. The van der Waals surface area contributed by atoms with Crippen LogP contribution < -0.4 is 5.32 Å². The monoisotopic (exact) mass is 509 g/mol. The third-order valence-electron chi connectivity index (χ3n) is 6.09. The molecule has 0 aliphatic carbocycles. The highest BCUT2D eigenvalue weighted by molar-refractivity contribution is 9.10. The van der Waals surface area contributed by atoms with E-state index in [0.29, 0.717) is 5.92 Å². The van der Waals surface area contributed by atoms with Crippen molar-refractivity contribution in [2.45, 2.75) is 19.8 Å². The van der Waals surface area contributed by atoms with Crippen molar-refractivity contribution in [3.63, 3.8) is 0 Å². The molecule has 4 heterocycles. The predicted octanol–water partition coefficient (Wildman–Crippen LogP) is 5.49. The maximum atomic E-state index is 12.6. The minimum Gasteiger partial charge on any atom is -0.370 e. The number of amides is 1. The summed E-state index contributed by atoms with van der Waals surface area (Å²) in [7, 11) is 0. The molecule has 1 amide bonds. The Morgan fingerprint density at radius 3 is 2.81 bits per heavy atom. The average Bonchev–Trinajstić information content (AvgIpc) is 3.48. The predicted molar refractivity (Wildman–Crippen MR) is 132 cm³/mol. The Morgan fingerprint density at radius 1 is 1.25 bits per heavy atom. The number of aryl methyl sites for hydroxylation is 1. The van der Waals surface area contributed by atoms with Crippen molar-refractivity contribution in [2.24, 2.45) is 5.92 Å². The van der Waals surface area contributed by atoms with Crippen molar-refractivity contribution in [1.82, 2.24) is 19.5 Å². The summed E-state index contributed by atoms with van der Waals surface area (Å²) in [4.78, 5) is 19.4. The molecule has 0 radical (unpaired) electrons.